The van der Waals surface area contributed by atoms with Crippen molar-refractivity contribution in [3.63, 3.8) is 0 Å². The molecule has 1 aromatic heterocycles. The minimum Gasteiger partial charge on any atom is -0.491 e. The molecule has 0 saturated heterocycles. The van der Waals surface area contributed by atoms with Gasteiger partial charge in [-0.05, 0) is 69.3 Å². The maximum absolute atomic E-state index is 12.3. The number of nitrogens with zero attached hydrogens (tertiary/aromatic N) is 2. The van der Waals surface area contributed by atoms with Crippen molar-refractivity contribution in [2.45, 2.75) is 26.9 Å². The SMILES string of the molecule is Cc1ccc(Nc2ccc(C(=O)Nc3ccc(OC(C)C)cc3)nn2)cc1. The van der Waals surface area contributed by atoms with Gasteiger partial charge in [-0.25, -0.2) is 0 Å². The van der Waals surface area contributed by atoms with Crippen LogP contribution in [-0.4, -0.2) is 22.2 Å². The van der Waals surface area contributed by atoms with Crippen LogP contribution in [0.25, 0.3) is 0 Å². The van der Waals surface area contributed by atoms with Crippen LogP contribution in [0.2, 0.25) is 0 Å². The quantitative estimate of drug-likeness (QED) is 0.672. The number of hydrogen-bond acceptors (Lipinski definition) is 5. The van der Waals surface area contributed by atoms with Gasteiger partial charge in [0.2, 0.25) is 0 Å². The number of aromatic nitrogens is 2. The Morgan fingerprint density at radius 2 is 1.56 bits per heavy atom. The van der Waals surface area contributed by atoms with Crippen molar-refractivity contribution in [1.29, 1.82) is 0 Å². The van der Waals surface area contributed by atoms with Crippen LogP contribution in [0, 0.1) is 6.92 Å². The van der Waals surface area contributed by atoms with E-state index in [0.717, 1.165) is 11.4 Å². The Morgan fingerprint density at radius 3 is 2.15 bits per heavy atom. The Labute approximate surface area is 158 Å². The zero-order chi connectivity index (χ0) is 19.2. The lowest BCUT2D eigenvalue weighted by Crippen LogP contribution is -2.14. The molecule has 0 aliphatic carbocycles. The predicted molar refractivity (Wildman–Crippen MR) is 107 cm³/mol. The van der Waals surface area contributed by atoms with Crippen LogP contribution >= 0.6 is 0 Å². The van der Waals surface area contributed by atoms with Gasteiger partial charge in [0.25, 0.3) is 5.91 Å². The summed E-state index contributed by atoms with van der Waals surface area (Å²) in [4.78, 5) is 12.3. The zero-order valence-electron chi connectivity index (χ0n) is 15.6. The van der Waals surface area contributed by atoms with Crippen LogP contribution in [0.4, 0.5) is 17.2 Å². The Balaban J connectivity index is 1.60. The zero-order valence-corrected chi connectivity index (χ0v) is 15.6. The van der Waals surface area contributed by atoms with Gasteiger partial charge in [-0.15, -0.1) is 10.2 Å². The van der Waals surface area contributed by atoms with Crippen LogP contribution < -0.4 is 15.4 Å². The average molecular weight is 362 g/mol. The van der Waals surface area contributed by atoms with Gasteiger partial charge in [0.15, 0.2) is 11.5 Å². The molecule has 0 unspecified atom stereocenters. The first-order valence-corrected chi connectivity index (χ1v) is 8.75. The van der Waals surface area contributed by atoms with Crippen LogP contribution in [0.5, 0.6) is 5.75 Å². The molecule has 0 fully saturated rings. The van der Waals surface area contributed by atoms with Crippen molar-refractivity contribution in [2.24, 2.45) is 0 Å². The molecule has 0 aliphatic heterocycles. The van der Waals surface area contributed by atoms with Crippen LogP contribution in [0.3, 0.4) is 0 Å². The van der Waals surface area contributed by atoms with Crippen molar-refractivity contribution in [1.82, 2.24) is 10.2 Å². The summed E-state index contributed by atoms with van der Waals surface area (Å²) in [7, 11) is 0. The minimum absolute atomic E-state index is 0.104. The summed E-state index contributed by atoms with van der Waals surface area (Å²) in [6.45, 7) is 5.96. The number of ether oxygens (including phenoxy) is 1. The Morgan fingerprint density at radius 1 is 0.889 bits per heavy atom. The summed E-state index contributed by atoms with van der Waals surface area (Å²) in [5, 5.41) is 14.0. The van der Waals surface area contributed by atoms with E-state index < -0.39 is 0 Å². The molecular weight excluding hydrogens is 340 g/mol. The standard InChI is InChI=1S/C21H22N4O2/c1-14(2)27-18-10-8-17(9-11-18)23-21(26)19-12-13-20(25-24-19)22-16-6-4-15(3)5-7-16/h4-14H,1-3H3,(H,22,25)(H,23,26). The molecule has 3 rings (SSSR count). The van der Waals surface area contributed by atoms with Crippen molar-refractivity contribution < 1.29 is 9.53 Å². The molecule has 0 saturated carbocycles. The van der Waals surface area contributed by atoms with E-state index in [4.69, 9.17) is 4.74 Å². The van der Waals surface area contributed by atoms with Crippen molar-refractivity contribution in [3.8, 4) is 5.75 Å². The summed E-state index contributed by atoms with van der Waals surface area (Å²) in [5.41, 5.74) is 3.00. The van der Waals surface area contributed by atoms with Crippen LogP contribution in [-0.2, 0) is 0 Å². The molecule has 2 N–H and O–H groups in total. The average Bonchev–Trinajstić information content (AvgIpc) is 2.65. The third kappa shape index (κ3) is 5.28. The molecule has 138 valence electrons. The molecule has 2 aromatic carbocycles. The summed E-state index contributed by atoms with van der Waals surface area (Å²) >= 11 is 0. The smallest absolute Gasteiger partial charge is 0.276 e. The summed E-state index contributed by atoms with van der Waals surface area (Å²) < 4.78 is 5.59. The number of carbonyl (C=O) groups is 1. The van der Waals surface area contributed by atoms with Crippen LogP contribution in [0.1, 0.15) is 29.9 Å². The fraction of sp³-hybridized carbons (Fsp3) is 0.190. The topological polar surface area (TPSA) is 76.1 Å². The monoisotopic (exact) mass is 362 g/mol. The summed E-state index contributed by atoms with van der Waals surface area (Å²) in [6, 6.07) is 18.5. The molecule has 1 amide bonds. The first-order chi connectivity index (χ1) is 13.0. The van der Waals surface area contributed by atoms with Gasteiger partial charge in [0, 0.05) is 11.4 Å². The van der Waals surface area contributed by atoms with Crippen molar-refractivity contribution in [2.75, 3.05) is 10.6 Å². The fourth-order valence-electron chi connectivity index (χ4n) is 2.39. The number of anilines is 3. The van der Waals surface area contributed by atoms with Crippen LogP contribution in [0.15, 0.2) is 60.7 Å². The lowest BCUT2D eigenvalue weighted by Gasteiger charge is -2.10. The second kappa shape index (κ2) is 8.31. The van der Waals surface area contributed by atoms with E-state index in [1.54, 1.807) is 24.3 Å². The number of hydrogen-bond donors (Lipinski definition) is 2. The fourth-order valence-corrected chi connectivity index (χ4v) is 2.39. The lowest BCUT2D eigenvalue weighted by molar-refractivity contribution is 0.102. The second-order valence-corrected chi connectivity index (χ2v) is 6.44. The molecule has 0 spiro atoms. The first kappa shape index (κ1) is 18.4. The Bertz CT molecular complexity index is 889. The largest absolute Gasteiger partial charge is 0.491 e. The third-order valence-corrected chi connectivity index (χ3v) is 3.71. The third-order valence-electron chi connectivity index (χ3n) is 3.71. The van der Waals surface area contributed by atoms with E-state index in [-0.39, 0.29) is 17.7 Å². The Kier molecular flexibility index (Phi) is 5.66. The lowest BCUT2D eigenvalue weighted by atomic mass is 10.2. The molecular formula is C21H22N4O2. The molecule has 3 aromatic rings. The highest BCUT2D eigenvalue weighted by molar-refractivity contribution is 6.02. The number of benzene rings is 2. The molecule has 6 nitrogen and oxygen atoms in total. The van der Waals surface area contributed by atoms with Crippen molar-refractivity contribution >= 4 is 23.1 Å². The van der Waals surface area contributed by atoms with E-state index in [2.05, 4.69) is 20.8 Å². The first-order valence-electron chi connectivity index (χ1n) is 8.75. The number of amides is 1. The molecule has 0 atom stereocenters. The minimum atomic E-state index is -0.318. The Hall–Kier alpha value is -3.41. The molecule has 27 heavy (non-hydrogen) atoms. The number of carbonyl (C=O) groups excluding carboxylic acids is 1. The van der Waals surface area contributed by atoms with E-state index in [1.807, 2.05) is 57.2 Å². The molecule has 0 radical (unpaired) electrons. The summed E-state index contributed by atoms with van der Waals surface area (Å²) in [5.74, 6) is 1.02. The summed E-state index contributed by atoms with van der Waals surface area (Å²) in [6.07, 6.45) is 0.104. The number of aryl methyl sites for hydroxylation is 1. The van der Waals surface area contributed by atoms with Gasteiger partial charge in [-0.2, -0.15) is 0 Å². The van der Waals surface area contributed by atoms with Crippen molar-refractivity contribution in [3.05, 3.63) is 71.9 Å². The van der Waals surface area contributed by atoms with E-state index in [0.29, 0.717) is 11.5 Å². The van der Waals surface area contributed by atoms with Gasteiger partial charge in [-0.3, -0.25) is 4.79 Å². The maximum atomic E-state index is 12.3. The van der Waals surface area contributed by atoms with Gasteiger partial charge in [0.1, 0.15) is 5.75 Å². The number of nitrogens with one attached hydrogen (secondary N) is 2. The molecule has 0 aliphatic rings. The molecule has 6 heteroatoms. The maximum Gasteiger partial charge on any atom is 0.276 e. The van der Waals surface area contributed by atoms with E-state index >= 15 is 0 Å². The van der Waals surface area contributed by atoms with Gasteiger partial charge >= 0.3 is 0 Å². The van der Waals surface area contributed by atoms with E-state index in [9.17, 15) is 4.79 Å². The number of rotatable bonds is 6. The van der Waals surface area contributed by atoms with Gasteiger partial charge in [0.05, 0.1) is 6.10 Å². The second-order valence-electron chi connectivity index (χ2n) is 6.44. The van der Waals surface area contributed by atoms with Gasteiger partial charge < -0.3 is 15.4 Å². The normalized spacial score (nSPS) is 10.5. The predicted octanol–water partition coefficient (Wildman–Crippen LogP) is 4.57. The van der Waals surface area contributed by atoms with E-state index in [1.165, 1.54) is 5.56 Å². The van der Waals surface area contributed by atoms with Gasteiger partial charge in [-0.1, -0.05) is 17.7 Å². The highest BCUT2D eigenvalue weighted by Crippen LogP contribution is 2.18. The highest BCUT2D eigenvalue weighted by Gasteiger charge is 2.09. The molecule has 1 heterocycles. The highest BCUT2D eigenvalue weighted by atomic mass is 16.5. The molecule has 0 bridgehead atoms.